The average molecular weight is 552 g/mol. The molecule has 0 bridgehead atoms. The number of nitrogens with zero attached hydrogens (tertiary/aromatic N) is 1. The van der Waals surface area contributed by atoms with Gasteiger partial charge in [0, 0.05) is 10.6 Å². The number of halogens is 1. The molecule has 190 valence electrons. The maximum atomic E-state index is 13.3. The highest BCUT2D eigenvalue weighted by atomic mass is 35.5. The van der Waals surface area contributed by atoms with Crippen LogP contribution in [0, 0.1) is 0 Å². The highest BCUT2D eigenvalue weighted by Crippen LogP contribution is 2.39. The molecule has 1 saturated heterocycles. The second kappa shape index (κ2) is 12.3. The Morgan fingerprint density at radius 3 is 2.46 bits per heavy atom. The third-order valence-electron chi connectivity index (χ3n) is 5.53. The number of hydrogen-bond donors (Lipinski definition) is 0. The van der Waals surface area contributed by atoms with Gasteiger partial charge in [-0.15, -0.1) is 6.58 Å². The Morgan fingerprint density at radius 1 is 1.08 bits per heavy atom. The summed E-state index contributed by atoms with van der Waals surface area (Å²) in [4.78, 5) is 15.3. The minimum atomic E-state index is -0.175. The van der Waals surface area contributed by atoms with Crippen LogP contribution in [0.25, 0.3) is 6.08 Å². The zero-order valence-electron chi connectivity index (χ0n) is 20.5. The Kier molecular flexibility index (Phi) is 8.92. The number of rotatable bonds is 10. The minimum absolute atomic E-state index is 0.175. The molecule has 0 atom stereocenters. The van der Waals surface area contributed by atoms with E-state index >= 15 is 0 Å². The maximum absolute atomic E-state index is 13.3. The Hall–Kier alpha value is -3.26. The van der Waals surface area contributed by atoms with Gasteiger partial charge in [-0.3, -0.25) is 9.69 Å². The molecule has 5 nitrogen and oxygen atoms in total. The summed E-state index contributed by atoms with van der Waals surface area (Å²) in [6.07, 6.45) is 4.20. The average Bonchev–Trinajstić information content (AvgIpc) is 3.17. The number of ether oxygens (including phenoxy) is 3. The first-order valence-electron chi connectivity index (χ1n) is 11.6. The van der Waals surface area contributed by atoms with Gasteiger partial charge in [0.25, 0.3) is 5.91 Å². The molecule has 8 heteroatoms. The van der Waals surface area contributed by atoms with Gasteiger partial charge >= 0.3 is 0 Å². The van der Waals surface area contributed by atoms with Crippen LogP contribution in [-0.4, -0.2) is 23.9 Å². The van der Waals surface area contributed by atoms with E-state index in [0.717, 1.165) is 22.4 Å². The van der Waals surface area contributed by atoms with E-state index in [1.807, 2.05) is 73.7 Å². The largest absolute Gasteiger partial charge is 0.494 e. The molecule has 3 aromatic carbocycles. The summed E-state index contributed by atoms with van der Waals surface area (Å²) in [7, 11) is 1.59. The van der Waals surface area contributed by atoms with Crippen molar-refractivity contribution in [1.82, 2.24) is 0 Å². The van der Waals surface area contributed by atoms with Crippen molar-refractivity contribution in [1.29, 1.82) is 0 Å². The molecule has 1 aliphatic rings. The lowest BCUT2D eigenvalue weighted by Crippen LogP contribution is -2.27. The van der Waals surface area contributed by atoms with Gasteiger partial charge in [-0.25, -0.2) is 0 Å². The van der Waals surface area contributed by atoms with E-state index in [4.69, 9.17) is 38.0 Å². The maximum Gasteiger partial charge on any atom is 0.270 e. The van der Waals surface area contributed by atoms with Crippen molar-refractivity contribution >= 4 is 57.6 Å². The van der Waals surface area contributed by atoms with E-state index in [1.54, 1.807) is 13.2 Å². The summed E-state index contributed by atoms with van der Waals surface area (Å²) in [6.45, 7) is 6.74. The molecule has 0 saturated carbocycles. The van der Waals surface area contributed by atoms with Gasteiger partial charge in [-0.05, 0) is 79.1 Å². The molecule has 0 aliphatic carbocycles. The molecule has 1 amide bonds. The molecule has 0 spiro atoms. The molecule has 0 radical (unpaired) electrons. The smallest absolute Gasteiger partial charge is 0.270 e. The van der Waals surface area contributed by atoms with Gasteiger partial charge in [0.15, 0.2) is 15.8 Å². The Bertz CT molecular complexity index is 1340. The van der Waals surface area contributed by atoms with E-state index in [2.05, 4.69) is 6.58 Å². The van der Waals surface area contributed by atoms with Crippen LogP contribution in [0.1, 0.15) is 23.6 Å². The van der Waals surface area contributed by atoms with Crippen LogP contribution in [-0.2, 0) is 17.8 Å². The summed E-state index contributed by atoms with van der Waals surface area (Å²) >= 11 is 12.8. The number of hydrogen-bond acceptors (Lipinski definition) is 6. The van der Waals surface area contributed by atoms with Crippen LogP contribution >= 0.6 is 35.6 Å². The number of anilines is 1. The van der Waals surface area contributed by atoms with Crippen LogP contribution in [0.3, 0.4) is 0 Å². The quantitative estimate of drug-likeness (QED) is 0.148. The van der Waals surface area contributed by atoms with Crippen LogP contribution in [0.5, 0.6) is 17.2 Å². The fraction of sp³-hybridized carbons (Fsp3) is 0.172. The van der Waals surface area contributed by atoms with E-state index in [0.29, 0.717) is 51.1 Å². The van der Waals surface area contributed by atoms with Gasteiger partial charge in [0.2, 0.25) is 0 Å². The van der Waals surface area contributed by atoms with Gasteiger partial charge in [-0.1, -0.05) is 53.8 Å². The predicted octanol–water partition coefficient (Wildman–Crippen LogP) is 7.46. The first-order chi connectivity index (χ1) is 17.9. The van der Waals surface area contributed by atoms with Crippen molar-refractivity contribution < 1.29 is 19.0 Å². The Labute approximate surface area is 231 Å². The first kappa shape index (κ1) is 26.8. The second-order valence-electron chi connectivity index (χ2n) is 8.06. The van der Waals surface area contributed by atoms with Crippen molar-refractivity contribution in [3.05, 3.63) is 99.9 Å². The first-order valence-corrected chi connectivity index (χ1v) is 13.2. The fourth-order valence-corrected chi connectivity index (χ4v) is 5.25. The molecule has 0 N–H and O–H groups in total. The number of thioether (sulfide) groups is 1. The Balaban J connectivity index is 1.60. The SMILES string of the molecule is C=CCc1cc(/C=C2\SC(=S)N(c3ccc(OCC)cc3)C2=O)cc(OC)c1OCc1ccc(Cl)cc1. The highest BCUT2D eigenvalue weighted by molar-refractivity contribution is 8.27. The number of carbonyl (C=O) groups is 1. The van der Waals surface area contributed by atoms with E-state index in [-0.39, 0.29) is 5.91 Å². The van der Waals surface area contributed by atoms with E-state index in [1.165, 1.54) is 16.7 Å². The Morgan fingerprint density at radius 2 is 1.81 bits per heavy atom. The second-order valence-corrected chi connectivity index (χ2v) is 10.2. The van der Waals surface area contributed by atoms with E-state index in [9.17, 15) is 4.79 Å². The van der Waals surface area contributed by atoms with Gasteiger partial charge in [0.1, 0.15) is 12.4 Å². The number of allylic oxidation sites excluding steroid dienone is 1. The summed E-state index contributed by atoms with van der Waals surface area (Å²) in [6, 6.07) is 18.6. The third kappa shape index (κ3) is 6.36. The van der Waals surface area contributed by atoms with Crippen LogP contribution in [0.2, 0.25) is 5.02 Å². The number of amides is 1. The molecule has 1 aliphatic heterocycles. The lowest BCUT2D eigenvalue weighted by Gasteiger charge is -2.16. The molecular weight excluding hydrogens is 526 g/mol. The fourth-order valence-electron chi connectivity index (χ4n) is 3.83. The summed E-state index contributed by atoms with van der Waals surface area (Å²) in [5.74, 6) is 1.77. The lowest BCUT2D eigenvalue weighted by molar-refractivity contribution is -0.113. The van der Waals surface area contributed by atoms with Crippen LogP contribution in [0.4, 0.5) is 5.69 Å². The molecule has 3 aromatic rings. The number of benzene rings is 3. The van der Waals surface area contributed by atoms with Crippen molar-refractivity contribution in [3.63, 3.8) is 0 Å². The number of methoxy groups -OCH3 is 1. The summed E-state index contributed by atoms with van der Waals surface area (Å²) < 4.78 is 17.8. The summed E-state index contributed by atoms with van der Waals surface area (Å²) in [5.41, 5.74) is 3.39. The van der Waals surface area contributed by atoms with Crippen molar-refractivity contribution in [2.75, 3.05) is 18.6 Å². The zero-order chi connectivity index (χ0) is 26.4. The zero-order valence-corrected chi connectivity index (χ0v) is 22.9. The van der Waals surface area contributed by atoms with Crippen LogP contribution < -0.4 is 19.1 Å². The molecule has 0 aromatic heterocycles. The van der Waals surface area contributed by atoms with Crippen molar-refractivity contribution in [2.45, 2.75) is 20.0 Å². The van der Waals surface area contributed by atoms with E-state index < -0.39 is 0 Å². The van der Waals surface area contributed by atoms with Crippen molar-refractivity contribution in [2.24, 2.45) is 0 Å². The third-order valence-corrected chi connectivity index (χ3v) is 7.09. The van der Waals surface area contributed by atoms with Gasteiger partial charge < -0.3 is 14.2 Å². The monoisotopic (exact) mass is 551 g/mol. The molecule has 4 rings (SSSR count). The molecule has 1 fully saturated rings. The topological polar surface area (TPSA) is 48.0 Å². The normalized spacial score (nSPS) is 14.2. The molecule has 1 heterocycles. The van der Waals surface area contributed by atoms with Crippen LogP contribution in [0.15, 0.2) is 78.2 Å². The standard InChI is InChI=1S/C29H26ClNO4S2/c1-4-6-21-15-20(16-25(33-3)27(21)35-18-19-7-9-22(30)10-8-19)17-26-28(32)31(29(36)37-26)23-11-13-24(14-12-23)34-5-2/h4,7-17H,1,5-6,18H2,2-3H3/b26-17-. The lowest BCUT2D eigenvalue weighted by atomic mass is 10.0. The predicted molar refractivity (Wildman–Crippen MR) is 156 cm³/mol. The molecule has 0 unspecified atom stereocenters. The minimum Gasteiger partial charge on any atom is -0.494 e. The summed E-state index contributed by atoms with van der Waals surface area (Å²) in [5, 5.41) is 0.672. The number of carbonyl (C=O) groups excluding carboxylic acids is 1. The highest BCUT2D eigenvalue weighted by Gasteiger charge is 2.33. The molecule has 37 heavy (non-hydrogen) atoms. The van der Waals surface area contributed by atoms with Crippen molar-refractivity contribution in [3.8, 4) is 17.2 Å². The molecular formula is C29H26ClNO4S2. The van der Waals surface area contributed by atoms with Gasteiger partial charge in [0.05, 0.1) is 24.3 Å². The number of thiocarbonyl (C=S) groups is 1. The van der Waals surface area contributed by atoms with Gasteiger partial charge in [-0.2, -0.15) is 0 Å².